The summed E-state index contributed by atoms with van der Waals surface area (Å²) in [6, 6.07) is 0. The minimum atomic E-state index is 0.805. The van der Waals surface area contributed by atoms with Crippen LogP contribution in [-0.2, 0) is 19.4 Å². The molecule has 1 aliphatic rings. The van der Waals surface area contributed by atoms with Gasteiger partial charge in [0.1, 0.15) is 11.6 Å². The summed E-state index contributed by atoms with van der Waals surface area (Å²) in [5.41, 5.74) is 5.56. The molecule has 0 saturated heterocycles. The van der Waals surface area contributed by atoms with Gasteiger partial charge >= 0.3 is 0 Å². The van der Waals surface area contributed by atoms with Gasteiger partial charge < -0.3 is 5.32 Å². The van der Waals surface area contributed by atoms with Gasteiger partial charge in [-0.3, -0.25) is 0 Å². The molecule has 2 aromatic rings. The maximum Gasteiger partial charge on any atom is 0.133 e. The van der Waals surface area contributed by atoms with E-state index in [1.807, 2.05) is 19.4 Å². The lowest BCUT2D eigenvalue weighted by Gasteiger charge is -2.19. The molecule has 0 aromatic carbocycles. The number of aromatic nitrogens is 3. The molecule has 0 amide bonds. The van der Waals surface area contributed by atoms with Crippen molar-refractivity contribution in [2.75, 3.05) is 5.32 Å². The lowest BCUT2D eigenvalue weighted by Crippen LogP contribution is -2.13. The molecule has 2 aromatic heterocycles. The van der Waals surface area contributed by atoms with Crippen molar-refractivity contribution in [1.29, 1.82) is 0 Å². The molecule has 100 valence electrons. The lowest BCUT2D eigenvalue weighted by atomic mass is 9.96. The third kappa shape index (κ3) is 2.61. The van der Waals surface area contributed by atoms with Gasteiger partial charge in [-0.2, -0.15) is 0 Å². The summed E-state index contributed by atoms with van der Waals surface area (Å²) in [5, 5.41) is 3.48. The van der Waals surface area contributed by atoms with Crippen LogP contribution in [0.15, 0.2) is 5.51 Å². The molecule has 5 heteroatoms. The smallest absolute Gasteiger partial charge is 0.133 e. The van der Waals surface area contributed by atoms with Gasteiger partial charge in [0.05, 0.1) is 17.7 Å². The molecule has 0 aliphatic heterocycles. The van der Waals surface area contributed by atoms with Gasteiger partial charge in [0.25, 0.3) is 0 Å². The molecular formula is C14H18N4S. The zero-order chi connectivity index (χ0) is 13.2. The van der Waals surface area contributed by atoms with Crippen molar-refractivity contribution in [2.45, 2.75) is 46.1 Å². The van der Waals surface area contributed by atoms with E-state index in [9.17, 15) is 0 Å². The highest BCUT2D eigenvalue weighted by Gasteiger charge is 2.16. The first-order valence-electron chi connectivity index (χ1n) is 6.73. The highest BCUT2D eigenvalue weighted by atomic mass is 32.1. The highest BCUT2D eigenvalue weighted by molar-refractivity contribution is 7.09. The van der Waals surface area contributed by atoms with Crippen LogP contribution in [0, 0.1) is 13.8 Å². The third-order valence-electron chi connectivity index (χ3n) is 3.56. The van der Waals surface area contributed by atoms with Gasteiger partial charge in [0, 0.05) is 16.1 Å². The highest BCUT2D eigenvalue weighted by Crippen LogP contribution is 2.26. The Morgan fingerprint density at radius 3 is 2.84 bits per heavy atom. The number of rotatable bonds is 3. The number of nitrogens with one attached hydrogen (secondary N) is 1. The Morgan fingerprint density at radius 2 is 2.05 bits per heavy atom. The van der Waals surface area contributed by atoms with Crippen LogP contribution in [0.2, 0.25) is 0 Å². The van der Waals surface area contributed by atoms with Gasteiger partial charge in [-0.05, 0) is 39.5 Å². The van der Waals surface area contributed by atoms with Crippen LogP contribution in [0.3, 0.4) is 0 Å². The number of nitrogens with zero attached hydrogens (tertiary/aromatic N) is 3. The molecular weight excluding hydrogens is 256 g/mol. The van der Waals surface area contributed by atoms with E-state index in [0.29, 0.717) is 0 Å². The fourth-order valence-corrected chi connectivity index (χ4v) is 3.24. The molecule has 0 atom stereocenters. The van der Waals surface area contributed by atoms with Crippen LogP contribution in [-0.4, -0.2) is 15.0 Å². The Balaban J connectivity index is 1.84. The van der Waals surface area contributed by atoms with E-state index in [2.05, 4.69) is 20.3 Å². The summed E-state index contributed by atoms with van der Waals surface area (Å²) in [6.07, 6.45) is 4.68. The van der Waals surface area contributed by atoms with Crippen LogP contribution in [0.4, 0.5) is 5.82 Å². The Bertz CT molecular complexity index is 591. The van der Waals surface area contributed by atoms with Gasteiger partial charge in [0.15, 0.2) is 0 Å². The Labute approximate surface area is 117 Å². The predicted molar refractivity (Wildman–Crippen MR) is 77.6 cm³/mol. The van der Waals surface area contributed by atoms with Crippen LogP contribution >= 0.6 is 11.3 Å². The number of fused-ring (bicyclic) bond motifs is 1. The minimum absolute atomic E-state index is 0.805. The standard InChI is InChI=1S/C14H18N4S/c1-9-13(19-8-16-9)7-15-14-11-5-3-4-6-12(11)17-10(2)18-14/h8H,3-7H2,1-2H3,(H,15,17,18). The first-order valence-corrected chi connectivity index (χ1v) is 7.61. The van der Waals surface area contributed by atoms with Crippen molar-refractivity contribution < 1.29 is 0 Å². The van der Waals surface area contributed by atoms with E-state index in [4.69, 9.17) is 0 Å². The molecule has 0 unspecified atom stereocenters. The summed E-state index contributed by atoms with van der Waals surface area (Å²) in [7, 11) is 0. The number of aryl methyl sites for hydroxylation is 3. The topological polar surface area (TPSA) is 50.7 Å². The average Bonchev–Trinajstić information content (AvgIpc) is 2.81. The third-order valence-corrected chi connectivity index (χ3v) is 4.49. The summed E-state index contributed by atoms with van der Waals surface area (Å²) in [4.78, 5) is 14.7. The molecule has 2 heterocycles. The van der Waals surface area contributed by atoms with E-state index in [-0.39, 0.29) is 0 Å². The monoisotopic (exact) mass is 274 g/mol. The number of thiazole rings is 1. The quantitative estimate of drug-likeness (QED) is 0.934. The Hall–Kier alpha value is -1.49. The van der Waals surface area contributed by atoms with Gasteiger partial charge in [-0.15, -0.1) is 11.3 Å². The summed E-state index contributed by atoms with van der Waals surface area (Å²) in [6.45, 7) is 4.83. The van der Waals surface area contributed by atoms with Crippen molar-refractivity contribution in [3.05, 3.63) is 33.2 Å². The zero-order valence-corrected chi connectivity index (χ0v) is 12.2. The lowest BCUT2D eigenvalue weighted by molar-refractivity contribution is 0.659. The van der Waals surface area contributed by atoms with Crippen LogP contribution in [0.25, 0.3) is 0 Å². The summed E-state index contributed by atoms with van der Waals surface area (Å²) >= 11 is 1.69. The molecule has 0 fully saturated rings. The van der Waals surface area contributed by atoms with Crippen molar-refractivity contribution in [1.82, 2.24) is 15.0 Å². The van der Waals surface area contributed by atoms with Crippen molar-refractivity contribution in [3.63, 3.8) is 0 Å². The first-order chi connectivity index (χ1) is 9.24. The van der Waals surface area contributed by atoms with Gasteiger partial charge in [0.2, 0.25) is 0 Å². The minimum Gasteiger partial charge on any atom is -0.365 e. The number of anilines is 1. The second-order valence-electron chi connectivity index (χ2n) is 4.97. The fourth-order valence-electron chi connectivity index (χ4n) is 2.52. The first kappa shape index (κ1) is 12.5. The summed E-state index contributed by atoms with van der Waals surface area (Å²) < 4.78 is 0. The maximum atomic E-state index is 4.58. The second kappa shape index (κ2) is 5.25. The largest absolute Gasteiger partial charge is 0.365 e. The van der Waals surface area contributed by atoms with E-state index in [1.54, 1.807) is 11.3 Å². The Morgan fingerprint density at radius 1 is 1.21 bits per heavy atom. The van der Waals surface area contributed by atoms with E-state index in [1.165, 1.54) is 29.0 Å². The second-order valence-corrected chi connectivity index (χ2v) is 5.91. The molecule has 0 bridgehead atoms. The molecule has 19 heavy (non-hydrogen) atoms. The number of hydrogen-bond donors (Lipinski definition) is 1. The molecule has 0 spiro atoms. The van der Waals surface area contributed by atoms with Crippen molar-refractivity contribution in [2.24, 2.45) is 0 Å². The van der Waals surface area contributed by atoms with Gasteiger partial charge in [-0.25, -0.2) is 15.0 Å². The van der Waals surface area contributed by atoms with Crippen molar-refractivity contribution >= 4 is 17.2 Å². The van der Waals surface area contributed by atoms with Crippen LogP contribution < -0.4 is 5.32 Å². The average molecular weight is 274 g/mol. The van der Waals surface area contributed by atoms with Crippen LogP contribution in [0.1, 0.15) is 40.5 Å². The van der Waals surface area contributed by atoms with Gasteiger partial charge in [-0.1, -0.05) is 0 Å². The normalized spacial score (nSPS) is 14.2. The molecule has 1 aliphatic carbocycles. The maximum absolute atomic E-state index is 4.58. The molecule has 3 rings (SSSR count). The zero-order valence-electron chi connectivity index (χ0n) is 11.4. The summed E-state index contributed by atoms with van der Waals surface area (Å²) in [5.74, 6) is 1.89. The molecule has 0 radical (unpaired) electrons. The Kier molecular flexibility index (Phi) is 3.46. The van der Waals surface area contributed by atoms with E-state index < -0.39 is 0 Å². The van der Waals surface area contributed by atoms with Crippen LogP contribution in [0.5, 0.6) is 0 Å². The SMILES string of the molecule is Cc1nc2c(c(NCc3scnc3C)n1)CCCC2. The molecule has 0 saturated carbocycles. The molecule has 4 nitrogen and oxygen atoms in total. The fraction of sp³-hybridized carbons (Fsp3) is 0.500. The predicted octanol–water partition coefficient (Wildman–Crippen LogP) is 3.04. The van der Waals surface area contributed by atoms with E-state index in [0.717, 1.165) is 36.7 Å². The van der Waals surface area contributed by atoms with Crippen molar-refractivity contribution in [3.8, 4) is 0 Å². The number of hydrogen-bond acceptors (Lipinski definition) is 5. The molecule has 1 N–H and O–H groups in total. The van der Waals surface area contributed by atoms with E-state index >= 15 is 0 Å².